The maximum absolute atomic E-state index is 12.5. The third-order valence-electron chi connectivity index (χ3n) is 4.22. The second-order valence-corrected chi connectivity index (χ2v) is 7.93. The highest BCUT2D eigenvalue weighted by molar-refractivity contribution is 7.99. The van der Waals surface area contributed by atoms with Gasteiger partial charge in [0.05, 0.1) is 5.75 Å². The summed E-state index contributed by atoms with van der Waals surface area (Å²) in [6.07, 6.45) is 1.81. The molecule has 0 aromatic carbocycles. The van der Waals surface area contributed by atoms with Gasteiger partial charge in [-0.1, -0.05) is 23.9 Å². The Morgan fingerprint density at radius 1 is 1.36 bits per heavy atom. The van der Waals surface area contributed by atoms with Gasteiger partial charge in [0.2, 0.25) is 5.91 Å². The fourth-order valence-corrected chi connectivity index (χ4v) is 4.45. The standard InChI is InChI=1S/C17H23N5OS2/c1-3-6-22-14(2)18-19-17(22)25-13-16(23)21-9-7-20(8-10-21)12-15-5-4-11-24-15/h3-5,11H,1,6-10,12-13H2,2H3. The molecule has 1 fully saturated rings. The van der Waals surface area contributed by atoms with Gasteiger partial charge in [-0.2, -0.15) is 0 Å². The molecule has 1 aliphatic heterocycles. The van der Waals surface area contributed by atoms with Crippen molar-refractivity contribution in [2.24, 2.45) is 0 Å². The number of rotatable bonds is 7. The maximum atomic E-state index is 12.5. The summed E-state index contributed by atoms with van der Waals surface area (Å²) in [5.41, 5.74) is 0. The lowest BCUT2D eigenvalue weighted by Gasteiger charge is -2.34. The average molecular weight is 378 g/mol. The van der Waals surface area contributed by atoms with E-state index in [4.69, 9.17) is 0 Å². The minimum atomic E-state index is 0.173. The number of aromatic nitrogens is 3. The minimum Gasteiger partial charge on any atom is -0.339 e. The van der Waals surface area contributed by atoms with E-state index in [1.807, 2.05) is 22.5 Å². The lowest BCUT2D eigenvalue weighted by Crippen LogP contribution is -2.48. The van der Waals surface area contributed by atoms with Crippen molar-refractivity contribution < 1.29 is 4.79 Å². The van der Waals surface area contributed by atoms with Crippen LogP contribution in [0.2, 0.25) is 0 Å². The van der Waals surface area contributed by atoms with Crippen LogP contribution in [0.25, 0.3) is 0 Å². The largest absolute Gasteiger partial charge is 0.339 e. The molecule has 6 nitrogen and oxygen atoms in total. The first-order valence-corrected chi connectivity index (χ1v) is 10.2. The number of aryl methyl sites for hydroxylation is 1. The Labute approximate surface area is 156 Å². The number of hydrogen-bond acceptors (Lipinski definition) is 6. The third-order valence-corrected chi connectivity index (χ3v) is 6.04. The molecule has 0 spiro atoms. The molecule has 2 aromatic rings. The first kappa shape index (κ1) is 18.2. The Morgan fingerprint density at radius 2 is 2.16 bits per heavy atom. The first-order chi connectivity index (χ1) is 12.2. The monoisotopic (exact) mass is 377 g/mol. The van der Waals surface area contributed by atoms with Crippen LogP contribution in [-0.4, -0.2) is 62.4 Å². The fourth-order valence-electron chi connectivity index (χ4n) is 2.80. The van der Waals surface area contributed by atoms with Crippen molar-refractivity contribution in [1.82, 2.24) is 24.6 Å². The number of carbonyl (C=O) groups excluding carboxylic acids is 1. The van der Waals surface area contributed by atoms with Gasteiger partial charge in [-0.05, 0) is 18.4 Å². The summed E-state index contributed by atoms with van der Waals surface area (Å²) in [6, 6.07) is 4.25. The van der Waals surface area contributed by atoms with Crippen LogP contribution in [0.3, 0.4) is 0 Å². The van der Waals surface area contributed by atoms with Gasteiger partial charge in [-0.3, -0.25) is 9.69 Å². The molecule has 3 heterocycles. The van der Waals surface area contributed by atoms with Crippen LogP contribution in [0, 0.1) is 6.92 Å². The highest BCUT2D eigenvalue weighted by Crippen LogP contribution is 2.18. The second kappa shape index (κ2) is 8.64. The van der Waals surface area contributed by atoms with Crippen molar-refractivity contribution in [3.05, 3.63) is 40.9 Å². The number of thioether (sulfide) groups is 1. The summed E-state index contributed by atoms with van der Waals surface area (Å²) in [7, 11) is 0. The molecule has 1 saturated heterocycles. The number of amides is 1. The molecule has 0 N–H and O–H groups in total. The van der Waals surface area contributed by atoms with Crippen molar-refractivity contribution in [3.8, 4) is 0 Å². The second-order valence-electron chi connectivity index (χ2n) is 5.95. The summed E-state index contributed by atoms with van der Waals surface area (Å²) in [5.74, 6) is 1.42. The van der Waals surface area contributed by atoms with Crippen molar-refractivity contribution >= 4 is 29.0 Å². The number of carbonyl (C=O) groups is 1. The molecule has 0 atom stereocenters. The fraction of sp³-hybridized carbons (Fsp3) is 0.471. The zero-order valence-electron chi connectivity index (χ0n) is 14.4. The molecular formula is C17H23N5OS2. The lowest BCUT2D eigenvalue weighted by molar-refractivity contribution is -0.130. The van der Waals surface area contributed by atoms with Gasteiger partial charge in [0.1, 0.15) is 5.82 Å². The molecule has 0 aliphatic carbocycles. The highest BCUT2D eigenvalue weighted by atomic mass is 32.2. The van der Waals surface area contributed by atoms with Gasteiger partial charge in [0.15, 0.2) is 5.16 Å². The minimum absolute atomic E-state index is 0.173. The summed E-state index contributed by atoms with van der Waals surface area (Å²) < 4.78 is 1.98. The molecule has 1 amide bonds. The molecule has 3 rings (SSSR count). The van der Waals surface area contributed by atoms with E-state index < -0.39 is 0 Å². The van der Waals surface area contributed by atoms with E-state index in [2.05, 4.69) is 39.2 Å². The Hall–Kier alpha value is -1.64. The molecule has 1 aliphatic rings. The molecule has 0 radical (unpaired) electrons. The van der Waals surface area contributed by atoms with Gasteiger partial charge >= 0.3 is 0 Å². The van der Waals surface area contributed by atoms with Crippen LogP contribution < -0.4 is 0 Å². The quantitative estimate of drug-likeness (QED) is 0.547. The Bertz CT molecular complexity index is 705. The van der Waals surface area contributed by atoms with E-state index in [9.17, 15) is 4.79 Å². The number of hydrogen-bond donors (Lipinski definition) is 0. The predicted molar refractivity (Wildman–Crippen MR) is 102 cm³/mol. The molecule has 134 valence electrons. The van der Waals surface area contributed by atoms with E-state index in [0.717, 1.165) is 43.7 Å². The Morgan fingerprint density at radius 3 is 2.84 bits per heavy atom. The molecule has 8 heteroatoms. The van der Waals surface area contributed by atoms with Gasteiger partial charge in [0.25, 0.3) is 0 Å². The molecule has 2 aromatic heterocycles. The average Bonchev–Trinajstić information content (AvgIpc) is 3.25. The molecule has 0 saturated carbocycles. The SMILES string of the molecule is C=CCn1c(C)nnc1SCC(=O)N1CCN(Cc2cccs2)CC1. The number of piperazine rings is 1. The molecule has 0 bridgehead atoms. The van der Waals surface area contributed by atoms with Crippen LogP contribution in [0.4, 0.5) is 0 Å². The summed E-state index contributed by atoms with van der Waals surface area (Å²) >= 11 is 3.24. The number of nitrogens with zero attached hydrogens (tertiary/aromatic N) is 5. The van der Waals surface area contributed by atoms with E-state index in [0.29, 0.717) is 12.3 Å². The normalized spacial score (nSPS) is 15.5. The van der Waals surface area contributed by atoms with Crippen molar-refractivity contribution in [3.63, 3.8) is 0 Å². The van der Waals surface area contributed by atoms with Crippen LogP contribution in [0.1, 0.15) is 10.7 Å². The first-order valence-electron chi connectivity index (χ1n) is 8.33. The van der Waals surface area contributed by atoms with Crippen LogP contribution in [0.5, 0.6) is 0 Å². The van der Waals surface area contributed by atoms with E-state index in [-0.39, 0.29) is 5.91 Å². The van der Waals surface area contributed by atoms with E-state index in [1.54, 1.807) is 11.3 Å². The molecule has 25 heavy (non-hydrogen) atoms. The Kier molecular flexibility index (Phi) is 6.28. The molecule has 0 unspecified atom stereocenters. The third kappa shape index (κ3) is 4.71. The number of allylic oxidation sites excluding steroid dienone is 1. The van der Waals surface area contributed by atoms with Crippen molar-refractivity contribution in [2.75, 3.05) is 31.9 Å². The zero-order valence-corrected chi connectivity index (χ0v) is 16.1. The summed E-state index contributed by atoms with van der Waals surface area (Å²) in [6.45, 7) is 10.8. The summed E-state index contributed by atoms with van der Waals surface area (Å²) in [4.78, 5) is 18.2. The van der Waals surface area contributed by atoms with E-state index >= 15 is 0 Å². The zero-order chi connectivity index (χ0) is 17.6. The van der Waals surface area contributed by atoms with Gasteiger partial charge in [-0.25, -0.2) is 0 Å². The van der Waals surface area contributed by atoms with E-state index in [1.165, 1.54) is 16.6 Å². The maximum Gasteiger partial charge on any atom is 0.233 e. The van der Waals surface area contributed by atoms with Gasteiger partial charge in [0, 0.05) is 44.1 Å². The lowest BCUT2D eigenvalue weighted by atomic mass is 10.3. The Balaban J connectivity index is 1.46. The summed E-state index contributed by atoms with van der Waals surface area (Å²) in [5, 5.41) is 11.1. The topological polar surface area (TPSA) is 54.3 Å². The predicted octanol–water partition coefficient (Wildman–Crippen LogP) is 2.27. The van der Waals surface area contributed by atoms with Crippen molar-refractivity contribution in [1.29, 1.82) is 0 Å². The van der Waals surface area contributed by atoms with Crippen LogP contribution in [-0.2, 0) is 17.9 Å². The van der Waals surface area contributed by atoms with Crippen molar-refractivity contribution in [2.45, 2.75) is 25.2 Å². The van der Waals surface area contributed by atoms with Crippen LogP contribution >= 0.6 is 23.1 Å². The highest BCUT2D eigenvalue weighted by Gasteiger charge is 2.22. The number of thiophene rings is 1. The smallest absolute Gasteiger partial charge is 0.233 e. The van der Waals surface area contributed by atoms with Gasteiger partial charge in [-0.15, -0.1) is 28.1 Å². The van der Waals surface area contributed by atoms with Crippen LogP contribution in [0.15, 0.2) is 35.3 Å². The van der Waals surface area contributed by atoms with Gasteiger partial charge < -0.3 is 9.47 Å². The molecular weight excluding hydrogens is 354 g/mol.